The Morgan fingerprint density at radius 2 is 1.88 bits per heavy atom. The number of thioether (sulfide) groups is 1. The fourth-order valence-electron chi connectivity index (χ4n) is 2.86. The summed E-state index contributed by atoms with van der Waals surface area (Å²) in [5.41, 5.74) is 1.98. The second-order valence-electron chi connectivity index (χ2n) is 7.06. The van der Waals surface area contributed by atoms with Crippen LogP contribution in [-0.4, -0.2) is 47.7 Å². The van der Waals surface area contributed by atoms with E-state index in [2.05, 4.69) is 5.32 Å². The van der Waals surface area contributed by atoms with Crippen molar-refractivity contribution in [3.8, 4) is 5.75 Å². The number of carbonyl (C=O) groups is 4. The molecule has 2 aromatic rings. The molecule has 1 heterocycles. The van der Waals surface area contributed by atoms with Crippen molar-refractivity contribution in [1.82, 2.24) is 4.90 Å². The maximum absolute atomic E-state index is 12.5. The zero-order valence-electron chi connectivity index (χ0n) is 18.2. The number of amides is 3. The van der Waals surface area contributed by atoms with Crippen LogP contribution < -0.4 is 10.1 Å². The molecule has 11 heteroatoms. The number of carbonyl (C=O) groups excluding carboxylic acids is 4. The Hall–Kier alpha value is -3.01. The third kappa shape index (κ3) is 6.53. The molecule has 1 saturated heterocycles. The summed E-state index contributed by atoms with van der Waals surface area (Å²) in [6.45, 7) is 2.92. The van der Waals surface area contributed by atoms with Gasteiger partial charge in [-0.2, -0.15) is 0 Å². The van der Waals surface area contributed by atoms with Crippen molar-refractivity contribution in [3.63, 3.8) is 0 Å². The number of rotatable bonds is 8. The number of aryl methyl sites for hydroxylation is 1. The summed E-state index contributed by atoms with van der Waals surface area (Å²) in [4.78, 5) is 49.3. The van der Waals surface area contributed by atoms with Crippen molar-refractivity contribution in [2.75, 3.05) is 25.1 Å². The van der Waals surface area contributed by atoms with Gasteiger partial charge in [-0.05, 0) is 67.1 Å². The van der Waals surface area contributed by atoms with Crippen molar-refractivity contribution in [2.45, 2.75) is 13.8 Å². The molecule has 2 aromatic carbocycles. The predicted octanol–water partition coefficient (Wildman–Crippen LogP) is 4.92. The van der Waals surface area contributed by atoms with Gasteiger partial charge in [-0.3, -0.25) is 24.1 Å². The third-order valence-electron chi connectivity index (χ3n) is 4.53. The van der Waals surface area contributed by atoms with E-state index in [1.807, 2.05) is 6.92 Å². The van der Waals surface area contributed by atoms with Crippen LogP contribution in [0.5, 0.6) is 5.75 Å². The topological polar surface area (TPSA) is 102 Å². The van der Waals surface area contributed by atoms with Gasteiger partial charge in [0.15, 0.2) is 6.61 Å². The molecule has 1 N–H and O–H groups in total. The van der Waals surface area contributed by atoms with Crippen molar-refractivity contribution in [1.29, 1.82) is 0 Å². The van der Waals surface area contributed by atoms with E-state index < -0.39 is 29.6 Å². The lowest BCUT2D eigenvalue weighted by atomic mass is 10.2. The van der Waals surface area contributed by atoms with Crippen molar-refractivity contribution in [2.24, 2.45) is 0 Å². The second-order valence-corrected chi connectivity index (χ2v) is 8.87. The van der Waals surface area contributed by atoms with Gasteiger partial charge in [-0.1, -0.05) is 35.3 Å². The third-order valence-corrected chi connectivity index (χ3v) is 6.14. The molecule has 0 atom stereocenters. The molecule has 3 amide bonds. The van der Waals surface area contributed by atoms with Crippen molar-refractivity contribution >= 4 is 69.8 Å². The molecule has 178 valence electrons. The maximum Gasteiger partial charge on any atom is 0.326 e. The zero-order valence-corrected chi connectivity index (χ0v) is 20.6. The number of anilines is 1. The van der Waals surface area contributed by atoms with Gasteiger partial charge < -0.3 is 14.8 Å². The lowest BCUT2D eigenvalue weighted by Crippen LogP contribution is -2.34. The standard InChI is InChI=1S/C23H20Cl2N2O6S/c1-3-32-21(29)11-27-22(30)19(34-23(27)31)9-14-5-7-18(17(25)8-14)33-12-20(28)26-15-6-4-13(2)16(24)10-15/h4-10H,3,11-12H2,1-2H3,(H,26,28)/b19-9-. The average molecular weight is 523 g/mol. The lowest BCUT2D eigenvalue weighted by Gasteiger charge is -2.11. The van der Waals surface area contributed by atoms with Crippen LogP contribution in [0.2, 0.25) is 10.0 Å². The molecule has 0 aromatic heterocycles. The number of nitrogens with one attached hydrogen (secondary N) is 1. The minimum atomic E-state index is -0.662. The molecule has 0 spiro atoms. The molecule has 0 aliphatic carbocycles. The van der Waals surface area contributed by atoms with E-state index in [4.69, 9.17) is 32.7 Å². The van der Waals surface area contributed by atoms with Crippen LogP contribution in [-0.2, 0) is 19.1 Å². The van der Waals surface area contributed by atoms with Crippen molar-refractivity contribution < 1.29 is 28.7 Å². The highest BCUT2D eigenvalue weighted by Gasteiger charge is 2.36. The molecule has 1 aliphatic heterocycles. The quantitative estimate of drug-likeness (QED) is 0.387. The van der Waals surface area contributed by atoms with E-state index in [0.717, 1.165) is 22.2 Å². The summed E-state index contributed by atoms with van der Waals surface area (Å²) in [6.07, 6.45) is 1.49. The average Bonchev–Trinajstić information content (AvgIpc) is 3.03. The molecule has 0 unspecified atom stereocenters. The van der Waals surface area contributed by atoms with Crippen LogP contribution in [0.3, 0.4) is 0 Å². The number of hydrogen-bond acceptors (Lipinski definition) is 7. The van der Waals surface area contributed by atoms with Crippen LogP contribution in [0, 0.1) is 6.92 Å². The smallest absolute Gasteiger partial charge is 0.326 e. The first-order valence-corrected chi connectivity index (χ1v) is 11.6. The van der Waals surface area contributed by atoms with Gasteiger partial charge in [0.1, 0.15) is 12.3 Å². The molecular formula is C23H20Cl2N2O6S. The number of hydrogen-bond donors (Lipinski definition) is 1. The first-order chi connectivity index (χ1) is 16.2. The summed E-state index contributed by atoms with van der Waals surface area (Å²) in [5, 5.41) is 2.88. The molecule has 0 bridgehead atoms. The van der Waals surface area contributed by atoms with E-state index in [0.29, 0.717) is 16.3 Å². The molecule has 1 fully saturated rings. The Morgan fingerprint density at radius 3 is 2.56 bits per heavy atom. The second kappa shape index (κ2) is 11.4. The molecule has 8 nitrogen and oxygen atoms in total. The fourth-order valence-corrected chi connectivity index (χ4v) is 4.12. The van der Waals surface area contributed by atoms with Crippen LogP contribution in [0.25, 0.3) is 6.08 Å². The lowest BCUT2D eigenvalue weighted by molar-refractivity contribution is -0.146. The van der Waals surface area contributed by atoms with Crippen LogP contribution in [0.1, 0.15) is 18.1 Å². The largest absolute Gasteiger partial charge is 0.482 e. The highest BCUT2D eigenvalue weighted by atomic mass is 35.5. The van der Waals surface area contributed by atoms with Gasteiger partial charge >= 0.3 is 5.97 Å². The van der Waals surface area contributed by atoms with Gasteiger partial charge in [0.05, 0.1) is 16.5 Å². The summed E-state index contributed by atoms with van der Waals surface area (Å²) in [5.74, 6) is -1.38. The fraction of sp³-hybridized carbons (Fsp3) is 0.217. The maximum atomic E-state index is 12.5. The summed E-state index contributed by atoms with van der Waals surface area (Å²) >= 11 is 13.0. The number of benzene rings is 2. The van der Waals surface area contributed by atoms with Gasteiger partial charge in [-0.15, -0.1) is 0 Å². The molecule has 34 heavy (non-hydrogen) atoms. The van der Waals surface area contributed by atoms with Gasteiger partial charge in [0.2, 0.25) is 0 Å². The minimum Gasteiger partial charge on any atom is -0.482 e. The van der Waals surface area contributed by atoms with Crippen LogP contribution in [0.4, 0.5) is 10.5 Å². The predicted molar refractivity (Wildman–Crippen MR) is 131 cm³/mol. The summed E-state index contributed by atoms with van der Waals surface area (Å²) in [6, 6.07) is 9.87. The number of esters is 1. The van der Waals surface area contributed by atoms with Gasteiger partial charge in [-0.25, -0.2) is 0 Å². The Kier molecular flexibility index (Phi) is 8.60. The number of ether oxygens (including phenoxy) is 2. The van der Waals surface area contributed by atoms with E-state index in [1.165, 1.54) is 12.1 Å². The van der Waals surface area contributed by atoms with Crippen LogP contribution in [0.15, 0.2) is 41.3 Å². The number of halogens is 2. The highest BCUT2D eigenvalue weighted by molar-refractivity contribution is 8.18. The highest BCUT2D eigenvalue weighted by Crippen LogP contribution is 2.33. The summed E-state index contributed by atoms with van der Waals surface area (Å²) < 4.78 is 10.3. The molecular weight excluding hydrogens is 503 g/mol. The van der Waals surface area contributed by atoms with E-state index >= 15 is 0 Å². The van der Waals surface area contributed by atoms with Crippen LogP contribution >= 0.6 is 35.0 Å². The Balaban J connectivity index is 1.61. The number of nitrogens with zero attached hydrogens (tertiary/aromatic N) is 1. The first kappa shape index (κ1) is 25.6. The monoisotopic (exact) mass is 522 g/mol. The molecule has 3 rings (SSSR count). The van der Waals surface area contributed by atoms with Gasteiger partial charge in [0, 0.05) is 10.7 Å². The summed E-state index contributed by atoms with van der Waals surface area (Å²) in [7, 11) is 0. The Labute approximate surface area is 210 Å². The Morgan fingerprint density at radius 1 is 1.12 bits per heavy atom. The normalized spacial score (nSPS) is 14.5. The number of imide groups is 1. The molecule has 1 aliphatic rings. The van der Waals surface area contributed by atoms with E-state index in [-0.39, 0.29) is 28.9 Å². The van der Waals surface area contributed by atoms with E-state index in [1.54, 1.807) is 37.3 Å². The zero-order chi connectivity index (χ0) is 24.8. The molecule has 0 saturated carbocycles. The molecule has 0 radical (unpaired) electrons. The first-order valence-electron chi connectivity index (χ1n) is 10.1. The Bertz CT molecular complexity index is 1180. The SMILES string of the molecule is CCOC(=O)CN1C(=O)S/C(=C\c2ccc(OCC(=O)Nc3ccc(C)c(Cl)c3)c(Cl)c2)C1=O. The van der Waals surface area contributed by atoms with Gasteiger partial charge in [0.25, 0.3) is 17.1 Å². The van der Waals surface area contributed by atoms with Crippen molar-refractivity contribution in [3.05, 3.63) is 62.5 Å². The van der Waals surface area contributed by atoms with E-state index in [9.17, 15) is 19.2 Å². The minimum absolute atomic E-state index is 0.148.